The van der Waals surface area contributed by atoms with E-state index >= 15 is 0 Å². The Morgan fingerprint density at radius 3 is 2.50 bits per heavy atom. The number of hydrogen-bond acceptors (Lipinski definition) is 4. The molecular formula is C14H26N4O2. The van der Waals surface area contributed by atoms with Gasteiger partial charge in [-0.25, -0.2) is 0 Å². The number of oxime groups is 1. The van der Waals surface area contributed by atoms with Crippen molar-refractivity contribution >= 4 is 11.7 Å². The molecule has 114 valence electrons. The zero-order valence-electron chi connectivity index (χ0n) is 12.5. The molecule has 0 aromatic rings. The molecule has 3 N–H and O–H groups in total. The number of likely N-dealkylation sites (tertiary alicyclic amines) is 1. The summed E-state index contributed by atoms with van der Waals surface area (Å²) in [4.78, 5) is 17.0. The van der Waals surface area contributed by atoms with Gasteiger partial charge in [0.2, 0.25) is 5.91 Å². The fourth-order valence-corrected chi connectivity index (χ4v) is 3.48. The van der Waals surface area contributed by atoms with Crippen molar-refractivity contribution in [1.82, 2.24) is 9.80 Å². The lowest BCUT2D eigenvalue weighted by molar-refractivity contribution is -0.139. The maximum atomic E-state index is 12.9. The summed E-state index contributed by atoms with van der Waals surface area (Å²) in [6, 6.07) is 0.409. The minimum absolute atomic E-state index is 0.0526. The molecule has 1 saturated heterocycles. The molecule has 1 aliphatic carbocycles. The van der Waals surface area contributed by atoms with Crippen LogP contribution in [-0.4, -0.2) is 60.0 Å². The van der Waals surface area contributed by atoms with Crippen molar-refractivity contribution < 1.29 is 10.0 Å². The average Bonchev–Trinajstić information content (AvgIpc) is 2.96. The summed E-state index contributed by atoms with van der Waals surface area (Å²) in [5.41, 5.74) is 5.12. The number of carbonyl (C=O) groups is 1. The monoisotopic (exact) mass is 282 g/mol. The Balaban J connectivity index is 2.16. The van der Waals surface area contributed by atoms with Crippen molar-refractivity contribution in [2.45, 2.75) is 44.6 Å². The quantitative estimate of drug-likeness (QED) is 0.348. The van der Waals surface area contributed by atoms with E-state index in [0.717, 1.165) is 38.8 Å². The summed E-state index contributed by atoms with van der Waals surface area (Å²) in [5.74, 6) is 0.146. The fourth-order valence-electron chi connectivity index (χ4n) is 3.48. The highest BCUT2D eigenvalue weighted by Gasteiger charge is 2.47. The summed E-state index contributed by atoms with van der Waals surface area (Å²) in [6.45, 7) is 1.51. The van der Waals surface area contributed by atoms with E-state index in [1.807, 2.05) is 19.0 Å². The van der Waals surface area contributed by atoms with Gasteiger partial charge in [0.15, 0.2) is 5.84 Å². The Morgan fingerprint density at radius 1 is 1.35 bits per heavy atom. The first-order chi connectivity index (χ1) is 9.51. The van der Waals surface area contributed by atoms with E-state index in [1.165, 1.54) is 0 Å². The lowest BCUT2D eigenvalue weighted by Gasteiger charge is -2.37. The van der Waals surface area contributed by atoms with Crippen LogP contribution in [0.4, 0.5) is 0 Å². The fraction of sp³-hybridized carbons (Fsp3) is 0.857. The highest BCUT2D eigenvalue weighted by atomic mass is 16.4. The van der Waals surface area contributed by atoms with E-state index in [-0.39, 0.29) is 11.7 Å². The molecule has 1 atom stereocenters. The van der Waals surface area contributed by atoms with Crippen LogP contribution in [0.2, 0.25) is 0 Å². The summed E-state index contributed by atoms with van der Waals surface area (Å²) in [6.07, 6.45) is 5.44. The maximum Gasteiger partial charge on any atom is 0.236 e. The van der Waals surface area contributed by atoms with Gasteiger partial charge < -0.3 is 20.7 Å². The van der Waals surface area contributed by atoms with Gasteiger partial charge in [0.25, 0.3) is 0 Å². The lowest BCUT2D eigenvalue weighted by atomic mass is 9.72. The molecule has 0 spiro atoms. The van der Waals surface area contributed by atoms with Crippen LogP contribution in [0.1, 0.15) is 38.5 Å². The van der Waals surface area contributed by atoms with Gasteiger partial charge in [-0.2, -0.15) is 0 Å². The molecule has 0 bridgehead atoms. The number of nitrogens with two attached hydrogens (primary N) is 1. The molecule has 0 aromatic carbocycles. The van der Waals surface area contributed by atoms with Gasteiger partial charge in [-0.05, 0) is 33.4 Å². The van der Waals surface area contributed by atoms with Gasteiger partial charge in [0, 0.05) is 19.1 Å². The molecule has 6 nitrogen and oxygen atoms in total. The highest BCUT2D eigenvalue weighted by molar-refractivity contribution is 6.06. The molecule has 1 unspecified atom stereocenters. The molecule has 1 saturated carbocycles. The molecule has 0 radical (unpaired) electrons. The number of carbonyl (C=O) groups excluding carboxylic acids is 1. The Kier molecular flexibility index (Phi) is 4.52. The number of nitrogens with zero attached hydrogens (tertiary/aromatic N) is 3. The molecule has 2 aliphatic rings. The SMILES string of the molecule is CN(C)C1CCN(C(=O)C2(C(N)=NO)CCCCC2)C1. The van der Waals surface area contributed by atoms with E-state index in [9.17, 15) is 4.79 Å². The van der Waals surface area contributed by atoms with Gasteiger partial charge in [-0.15, -0.1) is 0 Å². The number of likely N-dealkylation sites (N-methyl/N-ethyl adjacent to an activating group) is 1. The molecule has 2 fully saturated rings. The van der Waals surface area contributed by atoms with E-state index in [1.54, 1.807) is 0 Å². The molecule has 1 aliphatic heterocycles. The number of amidine groups is 1. The first-order valence-electron chi connectivity index (χ1n) is 7.45. The van der Waals surface area contributed by atoms with Gasteiger partial charge in [-0.3, -0.25) is 4.79 Å². The van der Waals surface area contributed by atoms with E-state index in [2.05, 4.69) is 10.1 Å². The first kappa shape index (κ1) is 15.1. The molecule has 20 heavy (non-hydrogen) atoms. The van der Waals surface area contributed by atoms with Crippen LogP contribution in [0.3, 0.4) is 0 Å². The number of amides is 1. The predicted octanol–water partition coefficient (Wildman–Crippen LogP) is 0.846. The van der Waals surface area contributed by atoms with Crippen LogP contribution in [-0.2, 0) is 4.79 Å². The van der Waals surface area contributed by atoms with Crippen molar-refractivity contribution in [2.24, 2.45) is 16.3 Å². The van der Waals surface area contributed by atoms with Gasteiger partial charge in [0.05, 0.1) is 0 Å². The van der Waals surface area contributed by atoms with Crippen LogP contribution >= 0.6 is 0 Å². The summed E-state index contributed by atoms with van der Waals surface area (Å²) in [5, 5.41) is 12.2. The van der Waals surface area contributed by atoms with Gasteiger partial charge in [0.1, 0.15) is 5.41 Å². The zero-order chi connectivity index (χ0) is 14.8. The van der Waals surface area contributed by atoms with Crippen LogP contribution in [0.25, 0.3) is 0 Å². The van der Waals surface area contributed by atoms with Crippen molar-refractivity contribution in [3.8, 4) is 0 Å². The largest absolute Gasteiger partial charge is 0.409 e. The summed E-state index contributed by atoms with van der Waals surface area (Å²) >= 11 is 0. The van der Waals surface area contributed by atoms with Crippen LogP contribution in [0.5, 0.6) is 0 Å². The highest BCUT2D eigenvalue weighted by Crippen LogP contribution is 2.39. The summed E-state index contributed by atoms with van der Waals surface area (Å²) < 4.78 is 0. The topological polar surface area (TPSA) is 82.2 Å². The van der Waals surface area contributed by atoms with Crippen LogP contribution in [0.15, 0.2) is 5.16 Å². The van der Waals surface area contributed by atoms with E-state index < -0.39 is 5.41 Å². The number of hydrogen-bond donors (Lipinski definition) is 2. The smallest absolute Gasteiger partial charge is 0.236 e. The van der Waals surface area contributed by atoms with Crippen molar-refractivity contribution in [3.05, 3.63) is 0 Å². The Hall–Kier alpha value is -1.30. The third-order valence-electron chi connectivity index (χ3n) is 4.90. The van der Waals surface area contributed by atoms with Crippen molar-refractivity contribution in [3.63, 3.8) is 0 Å². The summed E-state index contributed by atoms with van der Waals surface area (Å²) in [7, 11) is 4.08. The molecular weight excluding hydrogens is 256 g/mol. The second-order valence-electron chi connectivity index (χ2n) is 6.29. The molecule has 6 heteroatoms. The lowest BCUT2D eigenvalue weighted by Crippen LogP contribution is -2.52. The van der Waals surface area contributed by atoms with E-state index in [0.29, 0.717) is 18.9 Å². The van der Waals surface area contributed by atoms with Gasteiger partial charge in [-0.1, -0.05) is 24.4 Å². The van der Waals surface area contributed by atoms with Gasteiger partial charge >= 0.3 is 0 Å². The minimum Gasteiger partial charge on any atom is -0.409 e. The third-order valence-corrected chi connectivity index (χ3v) is 4.90. The van der Waals surface area contributed by atoms with Crippen LogP contribution in [0, 0.1) is 5.41 Å². The maximum absolute atomic E-state index is 12.9. The second kappa shape index (κ2) is 5.99. The molecule has 1 amide bonds. The average molecular weight is 282 g/mol. The normalized spacial score (nSPS) is 27.1. The van der Waals surface area contributed by atoms with Crippen LogP contribution < -0.4 is 5.73 Å². The molecule has 1 heterocycles. The van der Waals surface area contributed by atoms with E-state index in [4.69, 9.17) is 10.9 Å². The Bertz CT molecular complexity index is 389. The zero-order valence-corrected chi connectivity index (χ0v) is 12.5. The predicted molar refractivity (Wildman–Crippen MR) is 77.6 cm³/mol. The Morgan fingerprint density at radius 2 is 2.00 bits per heavy atom. The second-order valence-corrected chi connectivity index (χ2v) is 6.29. The standard InChI is InChI=1S/C14H26N4O2/c1-17(2)11-6-9-18(10-11)13(19)14(12(15)16-20)7-4-3-5-8-14/h11,20H,3-10H2,1-2H3,(H2,15,16). The molecule has 0 aromatic heterocycles. The third kappa shape index (κ3) is 2.61. The number of rotatable bonds is 3. The van der Waals surface area contributed by atoms with Crippen molar-refractivity contribution in [2.75, 3.05) is 27.2 Å². The first-order valence-corrected chi connectivity index (χ1v) is 7.45. The molecule has 2 rings (SSSR count). The van der Waals surface area contributed by atoms with Crippen molar-refractivity contribution in [1.29, 1.82) is 0 Å². The minimum atomic E-state index is -0.770. The Labute approximate surface area is 120 Å².